The summed E-state index contributed by atoms with van der Waals surface area (Å²) in [6, 6.07) is 8.31. The standard InChI is InChI=1S/C16H16ClN3O3/c1-9-6-10(2)20(16(23)14(9)15(18)22)8-13(21)19-12-5-3-4-11(17)7-12/h3-7H,8H2,1-2H3,(H2,18,22)(H,19,21). The lowest BCUT2D eigenvalue weighted by atomic mass is 10.1. The van der Waals surface area contributed by atoms with Crippen LogP contribution in [0.1, 0.15) is 21.6 Å². The Kier molecular flexibility index (Phi) is 4.86. The van der Waals surface area contributed by atoms with Gasteiger partial charge in [0.05, 0.1) is 0 Å². The monoisotopic (exact) mass is 333 g/mol. The lowest BCUT2D eigenvalue weighted by Crippen LogP contribution is -2.35. The summed E-state index contributed by atoms with van der Waals surface area (Å²) in [5.41, 5.74) is 6.14. The van der Waals surface area contributed by atoms with Crippen LogP contribution >= 0.6 is 11.6 Å². The van der Waals surface area contributed by atoms with E-state index in [0.717, 1.165) is 0 Å². The number of nitrogens with two attached hydrogens (primary N) is 1. The van der Waals surface area contributed by atoms with Gasteiger partial charge in [0.25, 0.3) is 11.5 Å². The van der Waals surface area contributed by atoms with E-state index < -0.39 is 17.4 Å². The summed E-state index contributed by atoms with van der Waals surface area (Å²) < 4.78 is 1.22. The van der Waals surface area contributed by atoms with E-state index in [1.54, 1.807) is 44.2 Å². The molecule has 0 aliphatic carbocycles. The van der Waals surface area contributed by atoms with Crippen molar-refractivity contribution in [3.05, 3.63) is 62.5 Å². The molecule has 0 spiro atoms. The molecule has 1 aromatic carbocycles. The number of rotatable bonds is 4. The molecular weight excluding hydrogens is 318 g/mol. The van der Waals surface area contributed by atoms with Gasteiger partial charge in [0, 0.05) is 16.4 Å². The Balaban J connectivity index is 2.29. The highest BCUT2D eigenvalue weighted by molar-refractivity contribution is 6.30. The van der Waals surface area contributed by atoms with Crippen molar-refractivity contribution in [2.45, 2.75) is 20.4 Å². The number of anilines is 1. The quantitative estimate of drug-likeness (QED) is 0.894. The summed E-state index contributed by atoms with van der Waals surface area (Å²) >= 11 is 5.85. The van der Waals surface area contributed by atoms with E-state index >= 15 is 0 Å². The second-order valence-corrected chi connectivity index (χ2v) is 5.59. The highest BCUT2D eigenvalue weighted by Crippen LogP contribution is 2.15. The number of amides is 2. The van der Waals surface area contributed by atoms with Crippen molar-refractivity contribution in [1.29, 1.82) is 0 Å². The van der Waals surface area contributed by atoms with E-state index in [0.29, 0.717) is 22.0 Å². The number of halogens is 1. The average molecular weight is 334 g/mol. The van der Waals surface area contributed by atoms with Crippen LogP contribution in [0.4, 0.5) is 5.69 Å². The Hall–Kier alpha value is -2.60. The van der Waals surface area contributed by atoms with Gasteiger partial charge < -0.3 is 15.6 Å². The van der Waals surface area contributed by atoms with Crippen molar-refractivity contribution < 1.29 is 9.59 Å². The molecular formula is C16H16ClN3O3. The summed E-state index contributed by atoms with van der Waals surface area (Å²) in [7, 11) is 0. The maximum absolute atomic E-state index is 12.4. The first-order valence-electron chi connectivity index (χ1n) is 6.86. The Labute approximate surface area is 137 Å². The SMILES string of the molecule is Cc1cc(C)n(CC(=O)Nc2cccc(Cl)c2)c(=O)c1C(N)=O. The number of primary amides is 1. The molecule has 0 saturated heterocycles. The molecule has 23 heavy (non-hydrogen) atoms. The summed E-state index contributed by atoms with van der Waals surface area (Å²) in [5, 5.41) is 3.14. The van der Waals surface area contributed by atoms with Gasteiger partial charge in [-0.15, -0.1) is 0 Å². The molecule has 0 radical (unpaired) electrons. The highest BCUT2D eigenvalue weighted by Gasteiger charge is 2.16. The maximum Gasteiger partial charge on any atom is 0.264 e. The van der Waals surface area contributed by atoms with Gasteiger partial charge in [-0.2, -0.15) is 0 Å². The first kappa shape index (κ1) is 16.8. The molecule has 0 saturated carbocycles. The predicted molar refractivity (Wildman–Crippen MR) is 88.8 cm³/mol. The molecule has 120 valence electrons. The van der Waals surface area contributed by atoms with Crippen LogP contribution < -0.4 is 16.6 Å². The Morgan fingerprint density at radius 3 is 2.57 bits per heavy atom. The van der Waals surface area contributed by atoms with Crippen molar-refractivity contribution in [2.75, 3.05) is 5.32 Å². The maximum atomic E-state index is 12.4. The number of aryl methyl sites for hydroxylation is 2. The number of hydrogen-bond acceptors (Lipinski definition) is 3. The number of nitrogens with one attached hydrogen (secondary N) is 1. The first-order valence-corrected chi connectivity index (χ1v) is 7.23. The summed E-state index contributed by atoms with van der Waals surface area (Å²) in [4.78, 5) is 35.9. The molecule has 1 heterocycles. The zero-order chi connectivity index (χ0) is 17.1. The van der Waals surface area contributed by atoms with Crippen LogP contribution in [0.3, 0.4) is 0 Å². The number of carbonyl (C=O) groups is 2. The number of carbonyl (C=O) groups excluding carboxylic acids is 2. The van der Waals surface area contributed by atoms with Crippen molar-refractivity contribution in [2.24, 2.45) is 5.73 Å². The van der Waals surface area contributed by atoms with Gasteiger partial charge in [0.15, 0.2) is 0 Å². The van der Waals surface area contributed by atoms with Crippen LogP contribution in [-0.4, -0.2) is 16.4 Å². The van der Waals surface area contributed by atoms with Gasteiger partial charge in [-0.1, -0.05) is 17.7 Å². The van der Waals surface area contributed by atoms with E-state index in [1.165, 1.54) is 4.57 Å². The van der Waals surface area contributed by atoms with E-state index in [1.807, 2.05) is 0 Å². The molecule has 3 N–H and O–H groups in total. The Morgan fingerprint density at radius 2 is 1.96 bits per heavy atom. The molecule has 7 heteroatoms. The molecule has 2 aromatic rings. The molecule has 2 rings (SSSR count). The largest absolute Gasteiger partial charge is 0.365 e. The fraction of sp³-hybridized carbons (Fsp3) is 0.188. The van der Waals surface area contributed by atoms with Gasteiger partial charge in [0.2, 0.25) is 5.91 Å². The second kappa shape index (κ2) is 6.66. The van der Waals surface area contributed by atoms with Crippen LogP contribution in [-0.2, 0) is 11.3 Å². The molecule has 1 aromatic heterocycles. The van der Waals surface area contributed by atoms with Crippen LogP contribution in [0, 0.1) is 13.8 Å². The van der Waals surface area contributed by atoms with Crippen molar-refractivity contribution in [1.82, 2.24) is 4.57 Å². The fourth-order valence-corrected chi connectivity index (χ4v) is 2.52. The van der Waals surface area contributed by atoms with Gasteiger partial charge in [0.1, 0.15) is 12.1 Å². The normalized spacial score (nSPS) is 10.4. The van der Waals surface area contributed by atoms with Gasteiger partial charge in [-0.05, 0) is 43.7 Å². The smallest absolute Gasteiger partial charge is 0.264 e. The summed E-state index contributed by atoms with van der Waals surface area (Å²) in [6.45, 7) is 3.09. The Bertz CT molecular complexity index is 843. The predicted octanol–water partition coefficient (Wildman–Crippen LogP) is 1.86. The molecule has 0 atom stereocenters. The van der Waals surface area contributed by atoms with E-state index in [2.05, 4.69) is 5.32 Å². The zero-order valence-electron chi connectivity index (χ0n) is 12.7. The van der Waals surface area contributed by atoms with Gasteiger partial charge in [-0.25, -0.2) is 0 Å². The van der Waals surface area contributed by atoms with E-state index in [4.69, 9.17) is 17.3 Å². The number of aromatic nitrogens is 1. The third kappa shape index (κ3) is 3.78. The minimum Gasteiger partial charge on any atom is -0.365 e. The number of benzene rings is 1. The van der Waals surface area contributed by atoms with Crippen LogP contribution in [0.2, 0.25) is 5.02 Å². The average Bonchev–Trinajstić information content (AvgIpc) is 2.42. The lowest BCUT2D eigenvalue weighted by molar-refractivity contribution is -0.116. The molecule has 0 fully saturated rings. The molecule has 6 nitrogen and oxygen atoms in total. The highest BCUT2D eigenvalue weighted by atomic mass is 35.5. The molecule has 0 aliphatic heterocycles. The molecule has 2 amide bonds. The van der Waals surface area contributed by atoms with Crippen LogP contribution in [0.25, 0.3) is 0 Å². The molecule has 0 aliphatic rings. The first-order chi connectivity index (χ1) is 10.8. The summed E-state index contributed by atoms with van der Waals surface area (Å²) in [5.74, 6) is -1.21. The van der Waals surface area contributed by atoms with Gasteiger partial charge in [-0.3, -0.25) is 14.4 Å². The van der Waals surface area contributed by atoms with Crippen molar-refractivity contribution in [3.63, 3.8) is 0 Å². The van der Waals surface area contributed by atoms with Crippen molar-refractivity contribution >= 4 is 29.1 Å². The van der Waals surface area contributed by atoms with Crippen molar-refractivity contribution in [3.8, 4) is 0 Å². The molecule has 0 unspecified atom stereocenters. The number of pyridine rings is 1. The van der Waals surface area contributed by atoms with Crippen LogP contribution in [0.5, 0.6) is 0 Å². The Morgan fingerprint density at radius 1 is 1.26 bits per heavy atom. The molecule has 0 bridgehead atoms. The third-order valence-electron chi connectivity index (χ3n) is 3.36. The minimum atomic E-state index is -0.809. The number of nitrogens with zero attached hydrogens (tertiary/aromatic N) is 1. The fourth-order valence-electron chi connectivity index (χ4n) is 2.33. The second-order valence-electron chi connectivity index (χ2n) is 5.16. The third-order valence-corrected chi connectivity index (χ3v) is 3.60. The number of hydrogen-bond donors (Lipinski definition) is 2. The van der Waals surface area contributed by atoms with Gasteiger partial charge >= 0.3 is 0 Å². The van der Waals surface area contributed by atoms with Crippen LogP contribution in [0.15, 0.2) is 35.1 Å². The topological polar surface area (TPSA) is 94.2 Å². The zero-order valence-corrected chi connectivity index (χ0v) is 13.5. The van der Waals surface area contributed by atoms with E-state index in [9.17, 15) is 14.4 Å². The lowest BCUT2D eigenvalue weighted by Gasteiger charge is -2.13. The minimum absolute atomic E-state index is 0.105. The van der Waals surface area contributed by atoms with E-state index in [-0.39, 0.29) is 12.1 Å². The summed E-state index contributed by atoms with van der Waals surface area (Å²) in [6.07, 6.45) is 0.